The van der Waals surface area contributed by atoms with Crippen molar-refractivity contribution < 1.29 is 9.59 Å². The van der Waals surface area contributed by atoms with Crippen LogP contribution in [-0.2, 0) is 6.42 Å². The van der Waals surface area contributed by atoms with Crippen LogP contribution in [0, 0.1) is 0 Å². The number of Topliss-reactive ketones (excluding diaryl/α,β-unsaturated/α-hetero) is 1. The molecule has 5 nitrogen and oxygen atoms in total. The number of carbonyl (C=O) groups excluding carboxylic acids is 2. The monoisotopic (exact) mass is 411 g/mol. The Morgan fingerprint density at radius 2 is 1.61 bits per heavy atom. The second kappa shape index (κ2) is 8.98. The first-order valence-electron chi connectivity index (χ1n) is 10.3. The number of hydrogen-bond donors (Lipinski definition) is 3. The van der Waals surface area contributed by atoms with Crippen molar-refractivity contribution in [1.82, 2.24) is 10.3 Å². The highest BCUT2D eigenvalue weighted by Gasteiger charge is 2.25. The van der Waals surface area contributed by atoms with Gasteiger partial charge < -0.3 is 16.0 Å². The van der Waals surface area contributed by atoms with Crippen LogP contribution in [0.3, 0.4) is 0 Å². The molecule has 0 aliphatic heterocycles. The number of H-pyrrole nitrogens is 1. The number of rotatable bonds is 8. The number of amides is 1. The predicted octanol–water partition coefficient (Wildman–Crippen LogP) is 4.41. The molecule has 4 rings (SSSR count). The van der Waals surface area contributed by atoms with Crippen LogP contribution in [0.2, 0.25) is 0 Å². The maximum Gasteiger partial charge on any atom is 0.248 e. The number of hydrogen-bond acceptors (Lipinski definition) is 3. The van der Waals surface area contributed by atoms with Crippen molar-refractivity contribution in [2.45, 2.75) is 25.4 Å². The van der Waals surface area contributed by atoms with Crippen LogP contribution >= 0.6 is 0 Å². The smallest absolute Gasteiger partial charge is 0.248 e. The van der Waals surface area contributed by atoms with Gasteiger partial charge in [0.2, 0.25) is 5.91 Å². The Bertz CT molecular complexity index is 1200. The van der Waals surface area contributed by atoms with E-state index < -0.39 is 11.9 Å². The average Bonchev–Trinajstić information content (AvgIpc) is 3.22. The van der Waals surface area contributed by atoms with Crippen LogP contribution < -0.4 is 11.1 Å². The van der Waals surface area contributed by atoms with E-state index in [9.17, 15) is 9.59 Å². The molecule has 0 aliphatic carbocycles. The minimum Gasteiger partial charge on any atom is -0.366 e. The lowest BCUT2D eigenvalue weighted by atomic mass is 9.95. The van der Waals surface area contributed by atoms with Crippen molar-refractivity contribution in [1.29, 1.82) is 0 Å². The van der Waals surface area contributed by atoms with E-state index >= 15 is 0 Å². The zero-order valence-electron chi connectivity index (χ0n) is 17.3. The summed E-state index contributed by atoms with van der Waals surface area (Å²) in [6, 6.07) is 24.4. The van der Waals surface area contributed by atoms with Crippen LogP contribution in [-0.4, -0.2) is 22.7 Å². The second-order valence-corrected chi connectivity index (χ2v) is 7.79. The quantitative estimate of drug-likeness (QED) is 0.375. The number of aromatic amines is 1. The third-order valence-corrected chi connectivity index (χ3v) is 5.48. The minimum atomic E-state index is -0.472. The van der Waals surface area contributed by atoms with Gasteiger partial charge in [0.15, 0.2) is 5.78 Å². The molecule has 0 fully saturated rings. The zero-order valence-corrected chi connectivity index (χ0v) is 17.3. The molecule has 1 aromatic heterocycles. The number of aromatic nitrogens is 1. The third-order valence-electron chi connectivity index (χ3n) is 5.48. The summed E-state index contributed by atoms with van der Waals surface area (Å²) < 4.78 is 0. The summed E-state index contributed by atoms with van der Waals surface area (Å²) in [6.07, 6.45) is 2.50. The van der Waals surface area contributed by atoms with Crippen molar-refractivity contribution in [3.8, 4) is 0 Å². The zero-order chi connectivity index (χ0) is 21.8. The fourth-order valence-corrected chi connectivity index (χ4v) is 3.90. The summed E-state index contributed by atoms with van der Waals surface area (Å²) in [7, 11) is 0. The Balaban J connectivity index is 1.58. The van der Waals surface area contributed by atoms with Crippen molar-refractivity contribution in [2.75, 3.05) is 0 Å². The molecule has 0 bridgehead atoms. The third kappa shape index (κ3) is 4.57. The van der Waals surface area contributed by atoms with Crippen LogP contribution in [0.15, 0.2) is 85.1 Å². The molecule has 0 saturated carbocycles. The molecule has 1 amide bonds. The van der Waals surface area contributed by atoms with Crippen molar-refractivity contribution in [3.63, 3.8) is 0 Å². The topological polar surface area (TPSA) is 88.0 Å². The molecule has 0 spiro atoms. The number of ketones is 1. The summed E-state index contributed by atoms with van der Waals surface area (Å²) in [4.78, 5) is 28.1. The minimum absolute atomic E-state index is 0.0267. The van der Waals surface area contributed by atoms with Gasteiger partial charge in [0.1, 0.15) is 0 Å². The fourth-order valence-electron chi connectivity index (χ4n) is 3.90. The average molecular weight is 412 g/mol. The summed E-state index contributed by atoms with van der Waals surface area (Å²) >= 11 is 0. The molecule has 156 valence electrons. The molecular formula is C26H25N3O2. The summed E-state index contributed by atoms with van der Waals surface area (Å²) in [6.45, 7) is 2.06. The molecule has 1 unspecified atom stereocenters. The summed E-state index contributed by atoms with van der Waals surface area (Å²) in [5, 5.41) is 4.44. The molecule has 4 aromatic rings. The number of benzene rings is 3. The van der Waals surface area contributed by atoms with E-state index in [4.69, 9.17) is 5.73 Å². The molecule has 5 heteroatoms. The Morgan fingerprint density at radius 1 is 0.935 bits per heavy atom. The van der Waals surface area contributed by atoms with Crippen LogP contribution in [0.1, 0.15) is 44.8 Å². The molecule has 0 aliphatic rings. The standard InChI is InChI=1S/C26H25N3O2/c1-17(15-18-11-13-20(14-12-18)26(27)31)29-24(19-7-3-2-4-8-19)25(30)22-16-28-23-10-6-5-9-21(22)23/h2-14,16-17,24,28-29H,15H2,1H3,(H2,27,31)/t17-,24?/m0/s1. The van der Waals surface area contributed by atoms with Gasteiger partial charge in [0.25, 0.3) is 0 Å². The SMILES string of the molecule is C[C@@H](Cc1ccc(C(N)=O)cc1)NC(C(=O)c1c[nH]c2ccccc12)c1ccccc1. The maximum atomic E-state index is 13.6. The van der Waals surface area contributed by atoms with E-state index in [-0.39, 0.29) is 11.8 Å². The summed E-state index contributed by atoms with van der Waals surface area (Å²) in [5.41, 5.74) is 9.42. The first-order chi connectivity index (χ1) is 15.0. The van der Waals surface area contributed by atoms with Gasteiger partial charge in [-0.15, -0.1) is 0 Å². The highest BCUT2D eigenvalue weighted by molar-refractivity contribution is 6.10. The molecule has 31 heavy (non-hydrogen) atoms. The Morgan fingerprint density at radius 3 is 2.32 bits per heavy atom. The Kier molecular flexibility index (Phi) is 5.96. The Hall–Kier alpha value is -3.70. The highest BCUT2D eigenvalue weighted by Crippen LogP contribution is 2.25. The van der Waals surface area contributed by atoms with Crippen molar-refractivity contribution in [3.05, 3.63) is 107 Å². The van der Waals surface area contributed by atoms with Gasteiger partial charge in [0, 0.05) is 34.3 Å². The van der Waals surface area contributed by atoms with E-state index in [0.29, 0.717) is 17.5 Å². The maximum absolute atomic E-state index is 13.6. The van der Waals surface area contributed by atoms with E-state index in [0.717, 1.165) is 22.0 Å². The van der Waals surface area contributed by atoms with Crippen molar-refractivity contribution >= 4 is 22.6 Å². The first-order valence-corrected chi connectivity index (χ1v) is 10.3. The van der Waals surface area contributed by atoms with E-state index in [2.05, 4.69) is 17.2 Å². The number of fused-ring (bicyclic) bond motifs is 1. The fraction of sp³-hybridized carbons (Fsp3) is 0.154. The van der Waals surface area contributed by atoms with E-state index in [1.807, 2.05) is 66.7 Å². The molecule has 1 heterocycles. The van der Waals surface area contributed by atoms with Gasteiger partial charge in [-0.3, -0.25) is 9.59 Å². The molecular weight excluding hydrogens is 386 g/mol. The Labute approximate surface area is 181 Å². The van der Waals surface area contributed by atoms with Crippen LogP contribution in [0.5, 0.6) is 0 Å². The lowest BCUT2D eigenvalue weighted by Gasteiger charge is -2.23. The second-order valence-electron chi connectivity index (χ2n) is 7.79. The van der Waals surface area contributed by atoms with Gasteiger partial charge in [-0.2, -0.15) is 0 Å². The number of primary amides is 1. The lowest BCUT2D eigenvalue weighted by molar-refractivity contribution is 0.0937. The molecule has 0 saturated heterocycles. The largest absolute Gasteiger partial charge is 0.366 e. The van der Waals surface area contributed by atoms with E-state index in [1.54, 1.807) is 18.3 Å². The van der Waals surface area contributed by atoms with Gasteiger partial charge in [-0.25, -0.2) is 0 Å². The lowest BCUT2D eigenvalue weighted by Crippen LogP contribution is -2.36. The highest BCUT2D eigenvalue weighted by atomic mass is 16.1. The van der Waals surface area contributed by atoms with Gasteiger partial charge >= 0.3 is 0 Å². The number of nitrogens with one attached hydrogen (secondary N) is 2. The molecule has 4 N–H and O–H groups in total. The molecule has 2 atom stereocenters. The van der Waals surface area contributed by atoms with Crippen molar-refractivity contribution in [2.24, 2.45) is 5.73 Å². The normalized spacial score (nSPS) is 13.1. The summed E-state index contributed by atoms with van der Waals surface area (Å²) in [5.74, 6) is -0.411. The number of carbonyl (C=O) groups is 2. The molecule has 0 radical (unpaired) electrons. The van der Waals surface area contributed by atoms with E-state index in [1.165, 1.54) is 0 Å². The number of para-hydroxylation sites is 1. The predicted molar refractivity (Wildman–Crippen MR) is 123 cm³/mol. The van der Waals surface area contributed by atoms with Gasteiger partial charge in [-0.05, 0) is 42.7 Å². The van der Waals surface area contributed by atoms with Gasteiger partial charge in [0.05, 0.1) is 6.04 Å². The first kappa shape index (κ1) is 20.6. The van der Waals surface area contributed by atoms with Crippen LogP contribution in [0.25, 0.3) is 10.9 Å². The number of nitrogens with two attached hydrogens (primary N) is 1. The van der Waals surface area contributed by atoms with Crippen LogP contribution in [0.4, 0.5) is 0 Å². The van der Waals surface area contributed by atoms with Gasteiger partial charge in [-0.1, -0.05) is 60.7 Å². The molecule has 3 aromatic carbocycles.